The number of carbonyl (C=O) groups is 1. The molecule has 0 aliphatic heterocycles. The van der Waals surface area contributed by atoms with E-state index in [1.807, 2.05) is 0 Å². The normalized spacial score (nSPS) is 11.1. The van der Waals surface area contributed by atoms with E-state index in [0.717, 1.165) is 6.26 Å². The fourth-order valence-electron chi connectivity index (χ4n) is 3.43. The Hall–Kier alpha value is -4.22. The molecule has 4 aromatic rings. The number of benzene rings is 3. The number of nitrogens with two attached hydrogens (primary N) is 1. The van der Waals surface area contributed by atoms with E-state index >= 15 is 0 Å². The monoisotopic (exact) mass is 443 g/mol. The lowest BCUT2D eigenvalue weighted by molar-refractivity contribution is 0.100. The van der Waals surface area contributed by atoms with E-state index in [1.165, 1.54) is 18.3 Å². The minimum atomic E-state index is -3.38. The van der Waals surface area contributed by atoms with Crippen molar-refractivity contribution in [3.8, 4) is 28.7 Å². The Morgan fingerprint density at radius 1 is 1.03 bits per heavy atom. The second kappa shape index (κ2) is 8.13. The first kappa shape index (κ1) is 21.0. The quantitative estimate of drug-likeness (QED) is 0.496. The molecule has 1 aromatic heterocycles. The molecule has 0 aliphatic carbocycles. The van der Waals surface area contributed by atoms with Gasteiger partial charge in [-0.3, -0.25) is 9.78 Å². The third-order valence-electron chi connectivity index (χ3n) is 4.88. The number of nitrogens with zero attached hydrogens (tertiary/aromatic N) is 2. The van der Waals surface area contributed by atoms with Gasteiger partial charge in [-0.15, -0.1) is 0 Å². The molecule has 0 aliphatic rings. The highest BCUT2D eigenvalue weighted by atomic mass is 32.2. The SMILES string of the molecule is CS(=O)(=O)c1cccc(Oc2cccc(-c3c(C(N)=O)cnc4c(C#N)cccc34)c2)c1. The number of fused-ring (bicyclic) bond motifs is 1. The number of hydrogen-bond donors (Lipinski definition) is 1. The zero-order valence-corrected chi connectivity index (χ0v) is 17.8. The van der Waals surface area contributed by atoms with Crippen molar-refractivity contribution < 1.29 is 17.9 Å². The minimum Gasteiger partial charge on any atom is -0.457 e. The van der Waals surface area contributed by atoms with Gasteiger partial charge in [0, 0.05) is 23.4 Å². The van der Waals surface area contributed by atoms with Crippen molar-refractivity contribution in [1.29, 1.82) is 5.26 Å². The molecule has 1 heterocycles. The van der Waals surface area contributed by atoms with E-state index in [0.29, 0.717) is 39.1 Å². The second-order valence-electron chi connectivity index (χ2n) is 7.10. The summed E-state index contributed by atoms with van der Waals surface area (Å²) in [7, 11) is -3.38. The largest absolute Gasteiger partial charge is 0.457 e. The van der Waals surface area contributed by atoms with Crippen molar-refractivity contribution in [2.24, 2.45) is 5.73 Å². The van der Waals surface area contributed by atoms with Crippen LogP contribution in [0.3, 0.4) is 0 Å². The van der Waals surface area contributed by atoms with Crippen LogP contribution in [0, 0.1) is 11.3 Å². The summed E-state index contributed by atoms with van der Waals surface area (Å²) >= 11 is 0. The number of ether oxygens (including phenoxy) is 1. The number of carbonyl (C=O) groups excluding carboxylic acids is 1. The number of nitriles is 1. The van der Waals surface area contributed by atoms with Crippen LogP contribution in [0.15, 0.2) is 77.8 Å². The fraction of sp³-hybridized carbons (Fsp3) is 0.0417. The Morgan fingerprint density at radius 2 is 1.72 bits per heavy atom. The third-order valence-corrected chi connectivity index (χ3v) is 5.99. The van der Waals surface area contributed by atoms with Gasteiger partial charge in [-0.2, -0.15) is 5.26 Å². The lowest BCUT2D eigenvalue weighted by Gasteiger charge is -2.13. The molecule has 0 bridgehead atoms. The number of sulfone groups is 1. The molecule has 32 heavy (non-hydrogen) atoms. The van der Waals surface area contributed by atoms with Gasteiger partial charge >= 0.3 is 0 Å². The van der Waals surface area contributed by atoms with Crippen molar-refractivity contribution in [2.75, 3.05) is 6.26 Å². The van der Waals surface area contributed by atoms with Gasteiger partial charge in [-0.25, -0.2) is 8.42 Å². The first-order valence-corrected chi connectivity index (χ1v) is 11.4. The molecule has 0 atom stereocenters. The molecule has 1 amide bonds. The Labute approximate surface area is 184 Å². The third kappa shape index (κ3) is 4.02. The standard InChI is InChI=1S/C24H17N3O4S/c1-32(29,30)19-9-4-8-18(12-19)31-17-7-2-5-15(11-17)22-20-10-3-6-16(13-25)23(20)27-14-21(22)24(26)28/h2-12,14H,1H3,(H2,26,28). The molecule has 8 heteroatoms. The van der Waals surface area contributed by atoms with E-state index in [4.69, 9.17) is 10.5 Å². The summed E-state index contributed by atoms with van der Waals surface area (Å²) in [4.78, 5) is 16.5. The van der Waals surface area contributed by atoms with Crippen LogP contribution < -0.4 is 10.5 Å². The maximum atomic E-state index is 12.1. The molecular formula is C24H17N3O4S. The molecule has 0 fully saturated rings. The minimum absolute atomic E-state index is 0.145. The molecule has 0 saturated heterocycles. The zero-order chi connectivity index (χ0) is 22.9. The average Bonchev–Trinajstić information content (AvgIpc) is 2.77. The molecule has 3 aromatic carbocycles. The van der Waals surface area contributed by atoms with Gasteiger partial charge in [-0.1, -0.05) is 30.3 Å². The van der Waals surface area contributed by atoms with Crippen LogP contribution in [0.2, 0.25) is 0 Å². The molecule has 0 radical (unpaired) electrons. The number of pyridine rings is 1. The Bertz CT molecular complexity index is 1520. The van der Waals surface area contributed by atoms with Gasteiger partial charge in [-0.05, 0) is 42.0 Å². The summed E-state index contributed by atoms with van der Waals surface area (Å²) in [6, 6.07) is 20.4. The second-order valence-corrected chi connectivity index (χ2v) is 9.12. The zero-order valence-electron chi connectivity index (χ0n) is 16.9. The van der Waals surface area contributed by atoms with Crippen LogP contribution in [-0.4, -0.2) is 25.6 Å². The summed E-state index contributed by atoms with van der Waals surface area (Å²) in [6.45, 7) is 0. The lowest BCUT2D eigenvalue weighted by Crippen LogP contribution is -2.13. The van der Waals surface area contributed by atoms with Crippen LogP contribution in [-0.2, 0) is 9.84 Å². The van der Waals surface area contributed by atoms with Crippen molar-refractivity contribution in [3.05, 3.63) is 84.1 Å². The predicted octanol–water partition coefficient (Wildman–Crippen LogP) is 4.07. The van der Waals surface area contributed by atoms with Gasteiger partial charge < -0.3 is 10.5 Å². The van der Waals surface area contributed by atoms with Gasteiger partial charge in [0.2, 0.25) is 0 Å². The predicted molar refractivity (Wildman–Crippen MR) is 120 cm³/mol. The smallest absolute Gasteiger partial charge is 0.250 e. The number of hydrogen-bond acceptors (Lipinski definition) is 6. The van der Waals surface area contributed by atoms with Gasteiger partial charge in [0.05, 0.1) is 21.5 Å². The van der Waals surface area contributed by atoms with Crippen molar-refractivity contribution in [3.63, 3.8) is 0 Å². The highest BCUT2D eigenvalue weighted by Crippen LogP contribution is 2.35. The van der Waals surface area contributed by atoms with Crippen LogP contribution in [0.5, 0.6) is 11.5 Å². The van der Waals surface area contributed by atoms with E-state index in [9.17, 15) is 18.5 Å². The molecule has 158 valence electrons. The average molecular weight is 443 g/mol. The summed E-state index contributed by atoms with van der Waals surface area (Å²) in [5, 5.41) is 10.0. The number of para-hydroxylation sites is 1. The van der Waals surface area contributed by atoms with Crippen molar-refractivity contribution in [2.45, 2.75) is 4.90 Å². The van der Waals surface area contributed by atoms with Crippen LogP contribution in [0.4, 0.5) is 0 Å². The van der Waals surface area contributed by atoms with Gasteiger partial charge in [0.25, 0.3) is 5.91 Å². The Balaban J connectivity index is 1.85. The van der Waals surface area contributed by atoms with Gasteiger partial charge in [0.15, 0.2) is 9.84 Å². The van der Waals surface area contributed by atoms with Crippen LogP contribution in [0.1, 0.15) is 15.9 Å². The molecular weight excluding hydrogens is 426 g/mol. The number of aromatic nitrogens is 1. The molecule has 0 saturated carbocycles. The number of amides is 1. The fourth-order valence-corrected chi connectivity index (χ4v) is 4.09. The molecule has 2 N–H and O–H groups in total. The topological polar surface area (TPSA) is 123 Å². The van der Waals surface area contributed by atoms with Crippen LogP contribution in [0.25, 0.3) is 22.0 Å². The maximum absolute atomic E-state index is 12.1. The van der Waals surface area contributed by atoms with Crippen LogP contribution >= 0.6 is 0 Å². The molecule has 7 nitrogen and oxygen atoms in total. The molecule has 0 unspecified atom stereocenters. The molecule has 4 rings (SSSR count). The highest BCUT2D eigenvalue weighted by Gasteiger charge is 2.17. The summed E-state index contributed by atoms with van der Waals surface area (Å²) < 4.78 is 29.5. The first-order valence-electron chi connectivity index (χ1n) is 9.48. The Kier molecular flexibility index (Phi) is 5.34. The van der Waals surface area contributed by atoms with E-state index in [1.54, 1.807) is 54.6 Å². The van der Waals surface area contributed by atoms with E-state index in [-0.39, 0.29) is 10.5 Å². The summed E-state index contributed by atoms with van der Waals surface area (Å²) in [5.41, 5.74) is 7.83. The number of rotatable bonds is 5. The lowest BCUT2D eigenvalue weighted by atomic mass is 9.94. The van der Waals surface area contributed by atoms with Crippen molar-refractivity contribution in [1.82, 2.24) is 4.98 Å². The summed E-state index contributed by atoms with van der Waals surface area (Å²) in [6.07, 6.45) is 2.49. The van der Waals surface area contributed by atoms with Crippen molar-refractivity contribution >= 4 is 26.6 Å². The maximum Gasteiger partial charge on any atom is 0.250 e. The number of primary amides is 1. The first-order chi connectivity index (χ1) is 15.3. The highest BCUT2D eigenvalue weighted by molar-refractivity contribution is 7.90. The van der Waals surface area contributed by atoms with Gasteiger partial charge in [0.1, 0.15) is 17.6 Å². The summed E-state index contributed by atoms with van der Waals surface area (Å²) in [5.74, 6) is 0.139. The molecule has 0 spiro atoms. The van der Waals surface area contributed by atoms with E-state index < -0.39 is 15.7 Å². The Morgan fingerprint density at radius 3 is 2.41 bits per heavy atom. The van der Waals surface area contributed by atoms with E-state index in [2.05, 4.69) is 11.1 Å².